The van der Waals surface area contributed by atoms with Crippen molar-refractivity contribution in [2.24, 2.45) is 0 Å². The van der Waals surface area contributed by atoms with Crippen LogP contribution in [0.4, 0.5) is 0 Å². The maximum atomic E-state index is 11.5. The van der Waals surface area contributed by atoms with Gasteiger partial charge in [-0.1, -0.05) is 24.3 Å². The van der Waals surface area contributed by atoms with Crippen molar-refractivity contribution in [3.05, 3.63) is 65.7 Å². The fraction of sp³-hybridized carbons (Fsp3) is 0.348. The minimum atomic E-state index is -1.28. The second-order valence-electron chi connectivity index (χ2n) is 7.14. The number of pyridine rings is 1. The topological polar surface area (TPSA) is 94.7 Å². The molecule has 3 rings (SSSR count). The first-order chi connectivity index (χ1) is 14.4. The van der Waals surface area contributed by atoms with Crippen molar-refractivity contribution >= 4 is 5.97 Å². The Morgan fingerprint density at radius 3 is 2.60 bits per heavy atom. The summed E-state index contributed by atoms with van der Waals surface area (Å²) in [7, 11) is 0. The lowest BCUT2D eigenvalue weighted by Crippen LogP contribution is -2.40. The molecule has 1 N–H and O–H groups in total. The van der Waals surface area contributed by atoms with E-state index in [1.54, 1.807) is 32.2 Å². The van der Waals surface area contributed by atoms with Gasteiger partial charge in [0.05, 0.1) is 12.3 Å². The van der Waals surface area contributed by atoms with Crippen LogP contribution < -0.4 is 4.74 Å². The lowest BCUT2D eigenvalue weighted by molar-refractivity contribution is -0.162. The van der Waals surface area contributed by atoms with Crippen molar-refractivity contribution in [2.75, 3.05) is 13.2 Å². The van der Waals surface area contributed by atoms with E-state index in [9.17, 15) is 9.90 Å². The van der Waals surface area contributed by atoms with Crippen molar-refractivity contribution in [3.63, 3.8) is 0 Å². The number of rotatable bonds is 10. The lowest BCUT2D eigenvalue weighted by Gasteiger charge is -2.24. The zero-order valence-electron chi connectivity index (χ0n) is 17.4. The molecule has 30 heavy (non-hydrogen) atoms. The molecule has 0 aliphatic heterocycles. The van der Waals surface area contributed by atoms with Gasteiger partial charge in [0.1, 0.15) is 5.76 Å². The Bertz CT molecular complexity index is 969. The molecule has 0 fully saturated rings. The predicted octanol–water partition coefficient (Wildman–Crippen LogP) is 4.09. The van der Waals surface area contributed by atoms with Crippen LogP contribution in [0, 0.1) is 6.92 Å². The lowest BCUT2D eigenvalue weighted by atomic mass is 9.97. The number of aliphatic carboxylic acids is 1. The summed E-state index contributed by atoms with van der Waals surface area (Å²) >= 11 is 0. The number of oxazole rings is 1. The fourth-order valence-electron chi connectivity index (χ4n) is 3.11. The normalized spacial score (nSPS) is 13.0. The molecule has 0 amide bonds. The third kappa shape index (κ3) is 5.24. The molecule has 158 valence electrons. The van der Waals surface area contributed by atoms with Gasteiger partial charge in [-0.3, -0.25) is 0 Å². The van der Waals surface area contributed by atoms with Gasteiger partial charge in [-0.25, -0.2) is 14.8 Å². The molecule has 0 aliphatic rings. The zero-order chi connectivity index (χ0) is 21.6. The molecule has 2 heterocycles. The summed E-state index contributed by atoms with van der Waals surface area (Å²) in [6, 6.07) is 13.3. The van der Waals surface area contributed by atoms with Gasteiger partial charge >= 0.3 is 5.97 Å². The van der Waals surface area contributed by atoms with Crippen LogP contribution in [-0.2, 0) is 22.4 Å². The molecular formula is C23H26N2O5. The summed E-state index contributed by atoms with van der Waals surface area (Å²) in [4.78, 5) is 20.3. The van der Waals surface area contributed by atoms with Crippen LogP contribution in [0.5, 0.6) is 5.88 Å². The standard InChI is InChI=1S/C23H26N2O5/c1-4-29-23(3,22(26)27)14-17-10-11-20(24-15-17)28-13-12-19-16(2)30-21(25-19)18-8-6-5-7-9-18/h5-11,15H,4,12-14H2,1-3H3,(H,26,27). The van der Waals surface area contributed by atoms with Gasteiger partial charge < -0.3 is 19.0 Å². The Morgan fingerprint density at radius 1 is 1.20 bits per heavy atom. The summed E-state index contributed by atoms with van der Waals surface area (Å²) in [6.45, 7) is 5.95. The van der Waals surface area contributed by atoms with Crippen molar-refractivity contribution in [3.8, 4) is 17.3 Å². The second kappa shape index (κ2) is 9.54. The maximum Gasteiger partial charge on any atom is 0.336 e. The molecule has 1 unspecified atom stereocenters. The van der Waals surface area contributed by atoms with E-state index in [4.69, 9.17) is 13.9 Å². The Kier molecular flexibility index (Phi) is 6.84. The summed E-state index contributed by atoms with van der Waals surface area (Å²) in [5, 5.41) is 9.42. The first kappa shape index (κ1) is 21.5. The van der Waals surface area contributed by atoms with Gasteiger partial charge in [-0.15, -0.1) is 0 Å². The van der Waals surface area contributed by atoms with Crippen LogP contribution in [0.2, 0.25) is 0 Å². The molecule has 0 saturated carbocycles. The molecule has 2 aromatic heterocycles. The van der Waals surface area contributed by atoms with Gasteiger partial charge in [0, 0.05) is 37.3 Å². The van der Waals surface area contributed by atoms with Crippen LogP contribution >= 0.6 is 0 Å². The summed E-state index contributed by atoms with van der Waals surface area (Å²) in [5.74, 6) is 0.838. The fourth-order valence-corrected chi connectivity index (χ4v) is 3.11. The van der Waals surface area contributed by atoms with Gasteiger partial charge in [-0.05, 0) is 38.5 Å². The number of aryl methyl sites for hydroxylation is 1. The highest BCUT2D eigenvalue weighted by molar-refractivity contribution is 5.77. The highest BCUT2D eigenvalue weighted by atomic mass is 16.5. The molecule has 0 aliphatic carbocycles. The average molecular weight is 410 g/mol. The number of hydrogen-bond donors (Lipinski definition) is 1. The van der Waals surface area contributed by atoms with Crippen molar-refractivity contribution < 1.29 is 23.8 Å². The third-order valence-corrected chi connectivity index (χ3v) is 4.76. The van der Waals surface area contributed by atoms with Crippen molar-refractivity contribution in [1.82, 2.24) is 9.97 Å². The molecule has 7 nitrogen and oxygen atoms in total. The number of aromatic nitrogens is 2. The quantitative estimate of drug-likeness (QED) is 0.538. The maximum absolute atomic E-state index is 11.5. The molecule has 7 heteroatoms. The van der Waals surface area contributed by atoms with Crippen molar-refractivity contribution in [2.45, 2.75) is 39.2 Å². The van der Waals surface area contributed by atoms with E-state index in [0.717, 1.165) is 22.6 Å². The number of carboxylic acid groups (broad SMARTS) is 1. The van der Waals surface area contributed by atoms with E-state index in [0.29, 0.717) is 31.4 Å². The number of nitrogens with zero attached hydrogens (tertiary/aromatic N) is 2. The number of hydrogen-bond acceptors (Lipinski definition) is 6. The molecule has 0 bridgehead atoms. The second-order valence-corrected chi connectivity index (χ2v) is 7.14. The van der Waals surface area contributed by atoms with Gasteiger partial charge in [-0.2, -0.15) is 0 Å². The molecular weight excluding hydrogens is 384 g/mol. The zero-order valence-corrected chi connectivity index (χ0v) is 17.4. The highest BCUT2D eigenvalue weighted by Gasteiger charge is 2.34. The van der Waals surface area contributed by atoms with E-state index in [-0.39, 0.29) is 6.42 Å². The van der Waals surface area contributed by atoms with E-state index in [1.807, 2.05) is 37.3 Å². The Hall–Kier alpha value is -3.19. The van der Waals surface area contributed by atoms with Crippen LogP contribution in [-0.4, -0.2) is 39.9 Å². The third-order valence-electron chi connectivity index (χ3n) is 4.76. The van der Waals surface area contributed by atoms with Crippen LogP contribution in [0.15, 0.2) is 53.1 Å². The van der Waals surface area contributed by atoms with E-state index in [1.165, 1.54) is 0 Å². The summed E-state index contributed by atoms with van der Waals surface area (Å²) < 4.78 is 16.9. The largest absolute Gasteiger partial charge is 0.479 e. The van der Waals surface area contributed by atoms with Gasteiger partial charge in [0.15, 0.2) is 5.60 Å². The van der Waals surface area contributed by atoms with Gasteiger partial charge in [0.25, 0.3) is 0 Å². The minimum Gasteiger partial charge on any atom is -0.479 e. The summed E-state index contributed by atoms with van der Waals surface area (Å²) in [5.41, 5.74) is 1.27. The monoisotopic (exact) mass is 410 g/mol. The van der Waals surface area contributed by atoms with Gasteiger partial charge in [0.2, 0.25) is 11.8 Å². The predicted molar refractivity (Wildman–Crippen MR) is 111 cm³/mol. The number of benzene rings is 1. The first-order valence-corrected chi connectivity index (χ1v) is 9.88. The molecule has 0 radical (unpaired) electrons. The van der Waals surface area contributed by atoms with Crippen LogP contribution in [0.25, 0.3) is 11.5 Å². The van der Waals surface area contributed by atoms with E-state index < -0.39 is 11.6 Å². The SMILES string of the molecule is CCOC(C)(Cc1ccc(OCCc2nc(-c3ccccc3)oc2C)nc1)C(=O)O. The summed E-state index contributed by atoms with van der Waals surface area (Å²) in [6.07, 6.45) is 2.43. The highest BCUT2D eigenvalue weighted by Crippen LogP contribution is 2.22. The molecule has 0 spiro atoms. The smallest absolute Gasteiger partial charge is 0.336 e. The van der Waals surface area contributed by atoms with E-state index >= 15 is 0 Å². The molecule has 1 atom stereocenters. The number of carbonyl (C=O) groups is 1. The minimum absolute atomic E-state index is 0.226. The Morgan fingerprint density at radius 2 is 1.97 bits per heavy atom. The van der Waals surface area contributed by atoms with E-state index in [2.05, 4.69) is 9.97 Å². The molecule has 3 aromatic rings. The van der Waals surface area contributed by atoms with Crippen LogP contribution in [0.3, 0.4) is 0 Å². The van der Waals surface area contributed by atoms with Crippen LogP contribution in [0.1, 0.15) is 30.9 Å². The Balaban J connectivity index is 1.56. The molecule has 1 aromatic carbocycles. The first-order valence-electron chi connectivity index (χ1n) is 9.88. The number of carboxylic acids is 1. The Labute approximate surface area is 175 Å². The molecule has 0 saturated heterocycles. The number of ether oxygens (including phenoxy) is 2. The van der Waals surface area contributed by atoms with Crippen molar-refractivity contribution in [1.29, 1.82) is 0 Å². The average Bonchev–Trinajstić information content (AvgIpc) is 3.11.